The van der Waals surface area contributed by atoms with E-state index in [2.05, 4.69) is 5.32 Å². The monoisotopic (exact) mass is 412 g/mol. The minimum absolute atomic E-state index is 0.0504. The van der Waals surface area contributed by atoms with Crippen LogP contribution in [0.1, 0.15) is 18.4 Å². The molecule has 0 heterocycles. The number of halogens is 3. The first-order valence-corrected chi connectivity index (χ1v) is 8.41. The lowest BCUT2D eigenvalue weighted by Crippen LogP contribution is -2.36. The van der Waals surface area contributed by atoms with Gasteiger partial charge in [0.15, 0.2) is 0 Å². The van der Waals surface area contributed by atoms with Crippen LogP contribution in [0.5, 0.6) is 17.2 Å². The summed E-state index contributed by atoms with van der Waals surface area (Å²) >= 11 is 0. The normalized spacial score (nSPS) is 12.2. The summed E-state index contributed by atoms with van der Waals surface area (Å²) in [7, 11) is 1.38. The van der Waals surface area contributed by atoms with Crippen LogP contribution in [-0.4, -0.2) is 30.1 Å². The molecule has 4 N–H and O–H groups in total. The number of carbonyl (C=O) groups is 2. The van der Waals surface area contributed by atoms with Gasteiger partial charge >= 0.3 is 12.1 Å². The molecule has 29 heavy (non-hydrogen) atoms. The number of hydrogen-bond acceptors (Lipinski definition) is 5. The number of nitrogens with two attached hydrogens (primary N) is 1. The Morgan fingerprint density at radius 3 is 2.31 bits per heavy atom. The molecule has 1 amide bonds. The van der Waals surface area contributed by atoms with Gasteiger partial charge in [0.1, 0.15) is 17.2 Å². The fourth-order valence-corrected chi connectivity index (χ4v) is 2.33. The van der Waals surface area contributed by atoms with Gasteiger partial charge in [0.05, 0.1) is 24.4 Å². The molecule has 2 aromatic rings. The highest BCUT2D eigenvalue weighted by atomic mass is 19.4. The van der Waals surface area contributed by atoms with Crippen molar-refractivity contribution in [3.63, 3.8) is 0 Å². The number of rotatable bonds is 8. The smallest absolute Gasteiger partial charge is 0.416 e. The lowest BCUT2D eigenvalue weighted by atomic mass is 10.1. The number of methoxy groups -OCH3 is 1. The summed E-state index contributed by atoms with van der Waals surface area (Å²) in [5.74, 6) is -0.990. The average Bonchev–Trinajstić information content (AvgIpc) is 2.66. The number of carboxylic acid groups (broad SMARTS) is 1. The van der Waals surface area contributed by atoms with Gasteiger partial charge in [-0.3, -0.25) is 9.59 Å². The van der Waals surface area contributed by atoms with Gasteiger partial charge in [0, 0.05) is 12.5 Å². The van der Waals surface area contributed by atoms with Crippen LogP contribution >= 0.6 is 0 Å². The number of alkyl halides is 3. The van der Waals surface area contributed by atoms with Gasteiger partial charge in [-0.15, -0.1) is 0 Å². The molecule has 10 heteroatoms. The summed E-state index contributed by atoms with van der Waals surface area (Å²) in [5.41, 5.74) is 5.09. The van der Waals surface area contributed by atoms with Gasteiger partial charge in [0.2, 0.25) is 5.91 Å². The van der Waals surface area contributed by atoms with Crippen LogP contribution in [0, 0.1) is 0 Å². The minimum atomic E-state index is -4.45. The van der Waals surface area contributed by atoms with Gasteiger partial charge in [-0.05, 0) is 42.8 Å². The Balaban J connectivity index is 2.13. The van der Waals surface area contributed by atoms with Crippen molar-refractivity contribution in [2.45, 2.75) is 25.1 Å². The van der Waals surface area contributed by atoms with Gasteiger partial charge in [-0.25, -0.2) is 0 Å². The number of ether oxygens (including phenoxy) is 2. The molecule has 0 bridgehead atoms. The molecule has 0 saturated carbocycles. The number of hydrogen-bond donors (Lipinski definition) is 3. The molecule has 2 aromatic carbocycles. The Labute approximate surface area is 164 Å². The number of anilines is 1. The summed E-state index contributed by atoms with van der Waals surface area (Å²) < 4.78 is 48.6. The number of carbonyl (C=O) groups excluding carboxylic acids is 1. The zero-order chi connectivity index (χ0) is 21.6. The first-order valence-electron chi connectivity index (χ1n) is 8.41. The predicted octanol–water partition coefficient (Wildman–Crippen LogP) is 3.64. The lowest BCUT2D eigenvalue weighted by Gasteiger charge is -2.15. The van der Waals surface area contributed by atoms with Crippen molar-refractivity contribution in [3.8, 4) is 17.2 Å². The largest absolute Gasteiger partial charge is 0.495 e. The maximum Gasteiger partial charge on any atom is 0.416 e. The van der Waals surface area contributed by atoms with Crippen LogP contribution in [0.2, 0.25) is 0 Å². The molecule has 0 spiro atoms. The quantitative estimate of drug-likeness (QED) is 0.611. The van der Waals surface area contributed by atoms with Gasteiger partial charge in [-0.1, -0.05) is 0 Å². The van der Waals surface area contributed by atoms with Crippen molar-refractivity contribution >= 4 is 17.6 Å². The Morgan fingerprint density at radius 2 is 1.76 bits per heavy atom. The fraction of sp³-hybridized carbons (Fsp3) is 0.263. The van der Waals surface area contributed by atoms with Crippen molar-refractivity contribution in [2.75, 3.05) is 12.4 Å². The predicted molar refractivity (Wildman–Crippen MR) is 98.0 cm³/mol. The molecular weight excluding hydrogens is 393 g/mol. The van der Waals surface area contributed by atoms with Crippen molar-refractivity contribution in [2.24, 2.45) is 5.73 Å². The van der Waals surface area contributed by atoms with E-state index in [-0.39, 0.29) is 30.0 Å². The molecule has 7 nitrogen and oxygen atoms in total. The van der Waals surface area contributed by atoms with Crippen molar-refractivity contribution < 1.29 is 37.3 Å². The second kappa shape index (κ2) is 9.28. The SMILES string of the molecule is COc1ccc(Oc2ccc(C(F)(F)F)cc2)cc1NC(=O)C(N)CCC(=O)O. The van der Waals surface area contributed by atoms with E-state index < -0.39 is 29.7 Å². The van der Waals surface area contributed by atoms with Crippen LogP contribution in [0.3, 0.4) is 0 Å². The molecule has 0 radical (unpaired) electrons. The highest BCUT2D eigenvalue weighted by Crippen LogP contribution is 2.34. The maximum absolute atomic E-state index is 12.6. The molecule has 0 aliphatic heterocycles. The Hall–Kier alpha value is -3.27. The summed E-state index contributed by atoms with van der Waals surface area (Å²) in [4.78, 5) is 22.8. The molecular formula is C19H19F3N2O5. The molecule has 0 aliphatic carbocycles. The van der Waals surface area contributed by atoms with Gasteiger partial charge in [0.25, 0.3) is 0 Å². The van der Waals surface area contributed by atoms with Crippen molar-refractivity contribution in [1.29, 1.82) is 0 Å². The molecule has 1 unspecified atom stereocenters. The lowest BCUT2D eigenvalue weighted by molar-refractivity contribution is -0.138. The fourth-order valence-electron chi connectivity index (χ4n) is 2.33. The third-order valence-electron chi connectivity index (χ3n) is 3.85. The van der Waals surface area contributed by atoms with E-state index in [0.717, 1.165) is 12.1 Å². The summed E-state index contributed by atoms with van der Waals surface area (Å²) in [5, 5.41) is 11.2. The first kappa shape index (κ1) is 22.0. The molecule has 0 aromatic heterocycles. The first-order chi connectivity index (χ1) is 13.6. The second-order valence-electron chi connectivity index (χ2n) is 6.01. The van der Waals surface area contributed by atoms with E-state index in [1.54, 1.807) is 0 Å². The molecule has 2 rings (SSSR count). The Morgan fingerprint density at radius 1 is 1.14 bits per heavy atom. The van der Waals surface area contributed by atoms with Crippen LogP contribution in [0.25, 0.3) is 0 Å². The number of benzene rings is 2. The molecule has 0 aliphatic rings. The Kier molecular flexibility index (Phi) is 7.05. The standard InChI is InChI=1S/C19H19F3N2O5/c1-28-16-8-6-13(29-12-4-2-11(3-5-12)19(20,21)22)10-15(16)24-18(27)14(23)7-9-17(25)26/h2-6,8,10,14H,7,9,23H2,1H3,(H,24,27)(H,25,26). The van der Waals surface area contributed by atoms with Crippen molar-refractivity contribution in [1.82, 2.24) is 0 Å². The third-order valence-corrected chi connectivity index (χ3v) is 3.85. The van der Waals surface area contributed by atoms with Crippen LogP contribution in [0.15, 0.2) is 42.5 Å². The highest BCUT2D eigenvalue weighted by molar-refractivity contribution is 5.96. The topological polar surface area (TPSA) is 111 Å². The minimum Gasteiger partial charge on any atom is -0.495 e. The number of carboxylic acids is 1. The second-order valence-corrected chi connectivity index (χ2v) is 6.01. The van der Waals surface area contributed by atoms with Crippen LogP contribution in [-0.2, 0) is 15.8 Å². The Bertz CT molecular complexity index is 869. The average molecular weight is 412 g/mol. The maximum atomic E-state index is 12.6. The van der Waals surface area contributed by atoms with E-state index in [9.17, 15) is 22.8 Å². The van der Waals surface area contributed by atoms with E-state index in [1.807, 2.05) is 0 Å². The van der Waals surface area contributed by atoms with E-state index in [1.165, 1.54) is 37.4 Å². The number of aliphatic carboxylic acids is 1. The van der Waals surface area contributed by atoms with E-state index in [4.69, 9.17) is 20.3 Å². The third kappa shape index (κ3) is 6.39. The van der Waals surface area contributed by atoms with Crippen molar-refractivity contribution in [3.05, 3.63) is 48.0 Å². The van der Waals surface area contributed by atoms with Crippen LogP contribution in [0.4, 0.5) is 18.9 Å². The van der Waals surface area contributed by atoms with Gasteiger partial charge in [-0.2, -0.15) is 13.2 Å². The molecule has 0 saturated heterocycles. The number of amides is 1. The number of nitrogens with one attached hydrogen (secondary N) is 1. The van der Waals surface area contributed by atoms with Gasteiger partial charge < -0.3 is 25.6 Å². The summed E-state index contributed by atoms with van der Waals surface area (Å²) in [6.45, 7) is 0. The molecule has 0 fully saturated rings. The molecule has 1 atom stereocenters. The molecule has 156 valence electrons. The van der Waals surface area contributed by atoms with E-state index >= 15 is 0 Å². The highest BCUT2D eigenvalue weighted by Gasteiger charge is 2.30. The zero-order valence-electron chi connectivity index (χ0n) is 15.3. The zero-order valence-corrected chi connectivity index (χ0v) is 15.3. The van der Waals surface area contributed by atoms with E-state index in [0.29, 0.717) is 5.75 Å². The van der Waals surface area contributed by atoms with Crippen LogP contribution < -0.4 is 20.5 Å². The summed E-state index contributed by atoms with van der Waals surface area (Å²) in [6, 6.07) is 7.51. The summed E-state index contributed by atoms with van der Waals surface area (Å²) in [6.07, 6.45) is -4.76.